The van der Waals surface area contributed by atoms with Crippen LogP contribution in [0.1, 0.15) is 11.3 Å². The van der Waals surface area contributed by atoms with Crippen molar-refractivity contribution in [2.75, 3.05) is 0 Å². The average Bonchev–Trinajstić information content (AvgIpc) is 3.15. The molecule has 0 radical (unpaired) electrons. The first-order chi connectivity index (χ1) is 14.2. The maximum absolute atomic E-state index is 13.0. The van der Waals surface area contributed by atoms with Gasteiger partial charge in [0.15, 0.2) is 5.82 Å². The molecule has 0 N–H and O–H groups in total. The molecule has 0 amide bonds. The second-order valence-electron chi connectivity index (χ2n) is 6.81. The highest BCUT2D eigenvalue weighted by atomic mass is 32.1. The molecule has 3 aromatic heterocycles. The summed E-state index contributed by atoms with van der Waals surface area (Å²) < 4.78 is 2.01. The standard InChI is InChI=1S/C22H17N5OS/c1-14-17-18-19(29-21(17)24-20(23-14)16-10-6-3-7-11-16)22(28)27(26-25-18)13-12-15-8-4-2-5-9-15/h2-11H,12-13H2,1H3. The number of aromatic nitrogens is 5. The molecular weight excluding hydrogens is 382 g/mol. The Hall–Kier alpha value is -3.45. The van der Waals surface area contributed by atoms with E-state index in [0.29, 0.717) is 22.6 Å². The molecule has 5 rings (SSSR count). The van der Waals surface area contributed by atoms with Crippen molar-refractivity contribution in [3.05, 3.63) is 82.3 Å². The molecule has 0 fully saturated rings. The molecule has 2 aromatic carbocycles. The number of hydrogen-bond donors (Lipinski definition) is 0. The van der Waals surface area contributed by atoms with Gasteiger partial charge in [0.1, 0.15) is 15.0 Å². The number of fused-ring (bicyclic) bond motifs is 3. The number of thiophene rings is 1. The number of benzene rings is 2. The van der Waals surface area contributed by atoms with Gasteiger partial charge in [-0.2, -0.15) is 0 Å². The van der Waals surface area contributed by atoms with Crippen molar-refractivity contribution in [3.8, 4) is 11.4 Å². The Morgan fingerprint density at radius 1 is 0.966 bits per heavy atom. The first kappa shape index (κ1) is 17.6. The van der Waals surface area contributed by atoms with Gasteiger partial charge in [0.2, 0.25) is 0 Å². The molecule has 0 aliphatic carbocycles. The van der Waals surface area contributed by atoms with E-state index in [1.54, 1.807) is 0 Å². The fourth-order valence-corrected chi connectivity index (χ4v) is 4.49. The van der Waals surface area contributed by atoms with Crippen molar-refractivity contribution in [1.82, 2.24) is 25.0 Å². The first-order valence-electron chi connectivity index (χ1n) is 9.35. The summed E-state index contributed by atoms with van der Waals surface area (Å²) in [5.41, 5.74) is 3.36. The van der Waals surface area contributed by atoms with Gasteiger partial charge in [0, 0.05) is 5.56 Å². The number of nitrogens with zero attached hydrogens (tertiary/aromatic N) is 5. The second-order valence-corrected chi connectivity index (χ2v) is 7.81. The highest BCUT2D eigenvalue weighted by Gasteiger charge is 2.17. The lowest BCUT2D eigenvalue weighted by molar-refractivity contribution is 0.551. The molecule has 3 heterocycles. The smallest absolute Gasteiger partial charge is 0.266 e. The van der Waals surface area contributed by atoms with Gasteiger partial charge in [-0.1, -0.05) is 65.9 Å². The van der Waals surface area contributed by atoms with Gasteiger partial charge in [-0.25, -0.2) is 14.6 Å². The fraction of sp³-hybridized carbons (Fsp3) is 0.136. The molecule has 5 aromatic rings. The minimum atomic E-state index is -0.130. The monoisotopic (exact) mass is 399 g/mol. The Balaban J connectivity index is 1.59. The van der Waals surface area contributed by atoms with Gasteiger partial charge in [0.25, 0.3) is 5.56 Å². The second kappa shape index (κ2) is 7.18. The van der Waals surface area contributed by atoms with Crippen LogP contribution in [0.3, 0.4) is 0 Å². The van der Waals surface area contributed by atoms with Crippen LogP contribution in [0, 0.1) is 6.92 Å². The van der Waals surface area contributed by atoms with Crippen molar-refractivity contribution in [2.45, 2.75) is 19.9 Å². The Morgan fingerprint density at radius 2 is 1.69 bits per heavy atom. The number of hydrogen-bond acceptors (Lipinski definition) is 6. The van der Waals surface area contributed by atoms with Gasteiger partial charge < -0.3 is 0 Å². The summed E-state index contributed by atoms with van der Waals surface area (Å²) in [6.45, 7) is 2.41. The summed E-state index contributed by atoms with van der Waals surface area (Å²) in [5, 5.41) is 9.33. The maximum atomic E-state index is 13.0. The molecule has 142 valence electrons. The number of aryl methyl sites for hydroxylation is 3. The highest BCUT2D eigenvalue weighted by Crippen LogP contribution is 2.32. The summed E-state index contributed by atoms with van der Waals surface area (Å²) in [7, 11) is 0. The lowest BCUT2D eigenvalue weighted by Crippen LogP contribution is -2.24. The lowest BCUT2D eigenvalue weighted by atomic mass is 10.1. The third kappa shape index (κ3) is 3.19. The summed E-state index contributed by atoms with van der Waals surface area (Å²) in [6.07, 6.45) is 0.725. The third-order valence-electron chi connectivity index (χ3n) is 4.88. The quantitative estimate of drug-likeness (QED) is 0.456. The molecule has 0 spiro atoms. The highest BCUT2D eigenvalue weighted by molar-refractivity contribution is 7.25. The van der Waals surface area contributed by atoms with E-state index in [-0.39, 0.29) is 5.56 Å². The normalized spacial score (nSPS) is 11.3. The summed E-state index contributed by atoms with van der Waals surface area (Å²) >= 11 is 1.36. The van der Waals surface area contributed by atoms with E-state index in [4.69, 9.17) is 4.98 Å². The number of rotatable bonds is 4. The van der Waals surface area contributed by atoms with Gasteiger partial charge in [-0.3, -0.25) is 4.79 Å². The molecule has 0 saturated heterocycles. The average molecular weight is 399 g/mol. The zero-order chi connectivity index (χ0) is 19.8. The molecular formula is C22H17N5OS. The predicted octanol–water partition coefficient (Wildman–Crippen LogP) is 4.01. The van der Waals surface area contributed by atoms with E-state index in [9.17, 15) is 4.79 Å². The van der Waals surface area contributed by atoms with Crippen LogP contribution in [0.4, 0.5) is 0 Å². The van der Waals surface area contributed by atoms with Gasteiger partial charge in [-0.05, 0) is 18.9 Å². The molecule has 0 unspecified atom stereocenters. The molecule has 0 saturated carbocycles. The molecule has 0 aliphatic heterocycles. The molecule has 6 nitrogen and oxygen atoms in total. The van der Waals surface area contributed by atoms with Gasteiger partial charge >= 0.3 is 0 Å². The van der Waals surface area contributed by atoms with Crippen molar-refractivity contribution in [2.24, 2.45) is 0 Å². The van der Waals surface area contributed by atoms with Crippen LogP contribution < -0.4 is 5.56 Å². The Kier molecular flexibility index (Phi) is 4.37. The maximum Gasteiger partial charge on any atom is 0.287 e. The van der Waals surface area contributed by atoms with Crippen molar-refractivity contribution < 1.29 is 0 Å². The zero-order valence-corrected chi connectivity index (χ0v) is 16.6. The largest absolute Gasteiger partial charge is 0.287 e. The van der Waals surface area contributed by atoms with Crippen LogP contribution in [0.5, 0.6) is 0 Å². The Labute approximate surface area is 170 Å². The molecule has 7 heteroatoms. The van der Waals surface area contributed by atoms with Gasteiger partial charge in [0.05, 0.1) is 17.6 Å². The third-order valence-corrected chi connectivity index (χ3v) is 5.94. The van der Waals surface area contributed by atoms with E-state index in [1.807, 2.05) is 67.6 Å². The molecule has 0 bridgehead atoms. The first-order valence-corrected chi connectivity index (χ1v) is 10.2. The topological polar surface area (TPSA) is 73.6 Å². The summed E-state index contributed by atoms with van der Waals surface area (Å²) in [4.78, 5) is 23.1. The van der Waals surface area contributed by atoms with Crippen molar-refractivity contribution in [3.63, 3.8) is 0 Å². The Morgan fingerprint density at radius 3 is 2.45 bits per heavy atom. The summed E-state index contributed by atoms with van der Waals surface area (Å²) in [6, 6.07) is 19.9. The molecule has 29 heavy (non-hydrogen) atoms. The van der Waals surface area contributed by atoms with Crippen molar-refractivity contribution in [1.29, 1.82) is 0 Å². The predicted molar refractivity (Wildman–Crippen MR) is 115 cm³/mol. The van der Waals surface area contributed by atoms with Crippen LogP contribution in [-0.4, -0.2) is 25.0 Å². The lowest BCUT2D eigenvalue weighted by Gasteiger charge is -2.04. The molecule has 0 atom stereocenters. The summed E-state index contributed by atoms with van der Waals surface area (Å²) in [5.74, 6) is 0.652. The van der Waals surface area contributed by atoms with Crippen LogP contribution in [0.15, 0.2) is 65.5 Å². The minimum Gasteiger partial charge on any atom is -0.266 e. The van der Waals surface area contributed by atoms with Crippen LogP contribution in [0.25, 0.3) is 31.8 Å². The van der Waals surface area contributed by atoms with Crippen LogP contribution >= 0.6 is 11.3 Å². The zero-order valence-electron chi connectivity index (χ0n) is 15.7. The minimum absolute atomic E-state index is 0.130. The van der Waals surface area contributed by atoms with Crippen molar-refractivity contribution >= 4 is 31.8 Å². The van der Waals surface area contributed by atoms with Crippen LogP contribution in [0.2, 0.25) is 0 Å². The van der Waals surface area contributed by atoms with E-state index in [0.717, 1.165) is 33.5 Å². The van der Waals surface area contributed by atoms with Gasteiger partial charge in [-0.15, -0.1) is 16.4 Å². The van der Waals surface area contributed by atoms with E-state index >= 15 is 0 Å². The van der Waals surface area contributed by atoms with Crippen LogP contribution in [-0.2, 0) is 13.0 Å². The van der Waals surface area contributed by atoms with E-state index in [2.05, 4.69) is 15.3 Å². The fourth-order valence-electron chi connectivity index (χ4n) is 3.39. The SMILES string of the molecule is Cc1nc(-c2ccccc2)nc2sc3c(=O)n(CCc4ccccc4)nnc3c12. The van der Waals surface area contributed by atoms with E-state index in [1.165, 1.54) is 16.0 Å². The Bertz CT molecular complexity index is 1380. The molecule has 0 aliphatic rings. The van der Waals surface area contributed by atoms with E-state index < -0.39 is 0 Å².